The summed E-state index contributed by atoms with van der Waals surface area (Å²) >= 11 is 1.53. The summed E-state index contributed by atoms with van der Waals surface area (Å²) in [5, 5.41) is 11.5. The zero-order valence-corrected chi connectivity index (χ0v) is 13.6. The number of carbonyl (C=O) groups excluding carboxylic acids is 1. The number of carboxylic acids is 1. The highest BCUT2D eigenvalue weighted by atomic mass is 32.2. The van der Waals surface area contributed by atoms with Gasteiger partial charge in [0.1, 0.15) is 0 Å². The van der Waals surface area contributed by atoms with E-state index >= 15 is 0 Å². The molecule has 0 radical (unpaired) electrons. The van der Waals surface area contributed by atoms with Gasteiger partial charge in [0.25, 0.3) is 0 Å². The van der Waals surface area contributed by atoms with Gasteiger partial charge in [-0.3, -0.25) is 9.59 Å². The van der Waals surface area contributed by atoms with Crippen molar-refractivity contribution in [2.24, 2.45) is 5.92 Å². The smallest absolute Gasteiger partial charge is 0.303 e. The molecular weight excluding hydrogens is 286 g/mol. The van der Waals surface area contributed by atoms with E-state index in [1.165, 1.54) is 22.9 Å². The molecule has 116 valence electrons. The lowest BCUT2D eigenvalue weighted by atomic mass is 10.1. The number of carboxylic acid groups (broad SMARTS) is 1. The first kappa shape index (κ1) is 17.6. The van der Waals surface area contributed by atoms with E-state index in [4.69, 9.17) is 5.11 Å². The fourth-order valence-electron chi connectivity index (χ4n) is 1.82. The van der Waals surface area contributed by atoms with Crippen molar-refractivity contribution >= 4 is 23.6 Å². The Hall–Kier alpha value is -1.49. The van der Waals surface area contributed by atoms with Crippen molar-refractivity contribution in [3.63, 3.8) is 0 Å². The lowest BCUT2D eigenvalue weighted by Crippen LogP contribution is -2.29. The average Bonchev–Trinajstić information content (AvgIpc) is 2.43. The van der Waals surface area contributed by atoms with E-state index < -0.39 is 5.97 Å². The average molecular weight is 309 g/mol. The summed E-state index contributed by atoms with van der Waals surface area (Å²) in [6.07, 6.45) is 0.730. The Bertz CT molecular complexity index is 502. The summed E-state index contributed by atoms with van der Waals surface area (Å²) in [6.45, 7) is 6.54. The van der Waals surface area contributed by atoms with Gasteiger partial charge in [0.05, 0.1) is 5.75 Å². The van der Waals surface area contributed by atoms with Crippen molar-refractivity contribution in [1.29, 1.82) is 0 Å². The SMILES string of the molecule is Cc1ccc(C)c(SCC(=O)NCC(C)CCC(=O)O)c1. The molecule has 1 atom stereocenters. The van der Waals surface area contributed by atoms with Gasteiger partial charge in [-0.05, 0) is 37.8 Å². The Morgan fingerprint density at radius 3 is 2.71 bits per heavy atom. The van der Waals surface area contributed by atoms with Crippen LogP contribution in [0.15, 0.2) is 23.1 Å². The van der Waals surface area contributed by atoms with Gasteiger partial charge in [-0.25, -0.2) is 0 Å². The second kappa shape index (κ2) is 8.72. The Labute approximate surface area is 130 Å². The first-order valence-electron chi connectivity index (χ1n) is 7.07. The predicted octanol–water partition coefficient (Wildman–Crippen LogP) is 3.01. The van der Waals surface area contributed by atoms with Crippen LogP contribution in [-0.2, 0) is 9.59 Å². The van der Waals surface area contributed by atoms with Crippen LogP contribution in [0.5, 0.6) is 0 Å². The van der Waals surface area contributed by atoms with Crippen LogP contribution in [0.3, 0.4) is 0 Å². The summed E-state index contributed by atoms with van der Waals surface area (Å²) in [7, 11) is 0. The van der Waals surface area contributed by atoms with Crippen LogP contribution in [0.25, 0.3) is 0 Å². The van der Waals surface area contributed by atoms with Crippen LogP contribution in [0.2, 0.25) is 0 Å². The zero-order chi connectivity index (χ0) is 15.8. The predicted molar refractivity (Wildman–Crippen MR) is 85.7 cm³/mol. The number of thioether (sulfide) groups is 1. The van der Waals surface area contributed by atoms with Crippen molar-refractivity contribution in [1.82, 2.24) is 5.32 Å². The highest BCUT2D eigenvalue weighted by Gasteiger charge is 2.09. The van der Waals surface area contributed by atoms with Gasteiger partial charge in [-0.1, -0.05) is 24.6 Å². The maximum absolute atomic E-state index is 11.8. The number of nitrogens with one attached hydrogen (secondary N) is 1. The maximum Gasteiger partial charge on any atom is 0.303 e. The van der Waals surface area contributed by atoms with Crippen molar-refractivity contribution in [3.05, 3.63) is 29.3 Å². The summed E-state index contributed by atoms with van der Waals surface area (Å²) in [6, 6.07) is 6.20. The number of aryl methyl sites for hydroxylation is 2. The minimum absolute atomic E-state index is 0.0110. The van der Waals surface area contributed by atoms with E-state index in [2.05, 4.69) is 23.5 Å². The minimum atomic E-state index is -0.793. The number of amides is 1. The molecule has 0 spiro atoms. The van der Waals surface area contributed by atoms with Crippen LogP contribution < -0.4 is 5.32 Å². The highest BCUT2D eigenvalue weighted by molar-refractivity contribution is 8.00. The Morgan fingerprint density at radius 2 is 2.05 bits per heavy atom. The van der Waals surface area contributed by atoms with E-state index in [0.29, 0.717) is 18.7 Å². The number of hydrogen-bond acceptors (Lipinski definition) is 3. The van der Waals surface area contributed by atoms with Crippen LogP contribution in [0.4, 0.5) is 0 Å². The number of carbonyl (C=O) groups is 2. The summed E-state index contributed by atoms with van der Waals surface area (Å²) in [4.78, 5) is 23.4. The molecule has 1 aromatic rings. The molecule has 0 bridgehead atoms. The molecule has 0 saturated carbocycles. The second-order valence-electron chi connectivity index (χ2n) is 5.40. The van der Waals surface area contributed by atoms with Gasteiger partial charge < -0.3 is 10.4 Å². The maximum atomic E-state index is 11.8. The van der Waals surface area contributed by atoms with Crippen molar-refractivity contribution in [3.8, 4) is 0 Å². The molecule has 1 aromatic carbocycles. The molecule has 2 N–H and O–H groups in total. The molecule has 0 aromatic heterocycles. The third kappa shape index (κ3) is 7.18. The molecule has 0 aliphatic heterocycles. The van der Waals surface area contributed by atoms with E-state index in [9.17, 15) is 9.59 Å². The van der Waals surface area contributed by atoms with Crippen molar-refractivity contribution in [2.75, 3.05) is 12.3 Å². The molecule has 0 heterocycles. The van der Waals surface area contributed by atoms with E-state index in [0.717, 1.165) is 4.90 Å². The lowest BCUT2D eigenvalue weighted by Gasteiger charge is -2.12. The Balaban J connectivity index is 2.31. The highest BCUT2D eigenvalue weighted by Crippen LogP contribution is 2.23. The van der Waals surface area contributed by atoms with Crippen LogP contribution in [0, 0.1) is 19.8 Å². The summed E-state index contributed by atoms with van der Waals surface area (Å²) < 4.78 is 0. The Kier molecular flexibility index (Phi) is 7.29. The van der Waals surface area contributed by atoms with Gasteiger partial charge in [0.2, 0.25) is 5.91 Å². The fourth-order valence-corrected chi connectivity index (χ4v) is 2.77. The first-order chi connectivity index (χ1) is 9.88. The molecule has 0 aliphatic rings. The van der Waals surface area contributed by atoms with Crippen molar-refractivity contribution in [2.45, 2.75) is 38.5 Å². The van der Waals surface area contributed by atoms with E-state index in [1.54, 1.807) is 0 Å². The number of rotatable bonds is 8. The number of aliphatic carboxylic acids is 1. The third-order valence-corrected chi connectivity index (χ3v) is 4.36. The molecule has 21 heavy (non-hydrogen) atoms. The normalized spacial score (nSPS) is 12.0. The van der Waals surface area contributed by atoms with Crippen molar-refractivity contribution < 1.29 is 14.7 Å². The largest absolute Gasteiger partial charge is 0.481 e. The lowest BCUT2D eigenvalue weighted by molar-refractivity contribution is -0.137. The molecule has 1 rings (SSSR count). The second-order valence-corrected chi connectivity index (χ2v) is 6.42. The van der Waals surface area contributed by atoms with Gasteiger partial charge in [0, 0.05) is 17.9 Å². The molecule has 0 fully saturated rings. The fraction of sp³-hybridized carbons (Fsp3) is 0.500. The standard InChI is InChI=1S/C16H23NO3S/c1-11-4-6-13(3)14(8-11)21-10-15(18)17-9-12(2)5-7-16(19)20/h4,6,8,12H,5,7,9-10H2,1-3H3,(H,17,18)(H,19,20). The van der Waals surface area contributed by atoms with Gasteiger partial charge >= 0.3 is 5.97 Å². The molecule has 5 heteroatoms. The van der Waals surface area contributed by atoms with Gasteiger partial charge in [-0.2, -0.15) is 0 Å². The summed E-state index contributed by atoms with van der Waals surface area (Å²) in [5.74, 6) is -0.242. The molecule has 0 aliphatic carbocycles. The zero-order valence-electron chi connectivity index (χ0n) is 12.8. The number of hydrogen-bond donors (Lipinski definition) is 2. The first-order valence-corrected chi connectivity index (χ1v) is 8.05. The molecule has 1 amide bonds. The summed E-state index contributed by atoms with van der Waals surface area (Å²) in [5.41, 5.74) is 2.36. The van der Waals surface area contributed by atoms with Crippen LogP contribution >= 0.6 is 11.8 Å². The third-order valence-electron chi connectivity index (χ3n) is 3.20. The van der Waals surface area contributed by atoms with Gasteiger partial charge in [0.15, 0.2) is 0 Å². The monoisotopic (exact) mass is 309 g/mol. The van der Waals surface area contributed by atoms with Crippen LogP contribution in [0.1, 0.15) is 30.9 Å². The van der Waals surface area contributed by atoms with E-state index in [-0.39, 0.29) is 18.2 Å². The quantitative estimate of drug-likeness (QED) is 0.724. The van der Waals surface area contributed by atoms with Gasteiger partial charge in [-0.15, -0.1) is 11.8 Å². The topological polar surface area (TPSA) is 66.4 Å². The minimum Gasteiger partial charge on any atom is -0.481 e. The molecular formula is C16H23NO3S. The Morgan fingerprint density at radius 1 is 1.33 bits per heavy atom. The molecule has 1 unspecified atom stereocenters. The molecule has 4 nitrogen and oxygen atoms in total. The van der Waals surface area contributed by atoms with E-state index in [1.807, 2.05) is 20.8 Å². The van der Waals surface area contributed by atoms with Crippen LogP contribution in [-0.4, -0.2) is 29.3 Å². The number of benzene rings is 1. The molecule has 0 saturated heterocycles.